The van der Waals surface area contributed by atoms with E-state index >= 15 is 0 Å². The second-order valence-electron chi connectivity index (χ2n) is 3.52. The van der Waals surface area contributed by atoms with E-state index in [0.717, 1.165) is 0 Å². The van der Waals surface area contributed by atoms with Crippen molar-refractivity contribution in [1.29, 1.82) is 0 Å². The van der Waals surface area contributed by atoms with Crippen molar-refractivity contribution in [2.45, 2.75) is 37.2 Å². The zero-order valence-corrected chi connectivity index (χ0v) is 10.4. The average Bonchev–Trinajstić information content (AvgIpc) is 1.52. The van der Waals surface area contributed by atoms with E-state index in [1.54, 1.807) is 24.7 Å². The number of aliphatic carboxylic acids is 1. The Morgan fingerprint density at radius 3 is 1.58 bits per heavy atom. The molecule has 0 aliphatic heterocycles. The summed E-state index contributed by atoms with van der Waals surface area (Å²) in [5.74, 6) is -1.37. The maximum absolute atomic E-state index is 9.87. The van der Waals surface area contributed by atoms with Crippen molar-refractivity contribution in [1.82, 2.24) is 0 Å². The molecule has 0 bridgehead atoms. The van der Waals surface area contributed by atoms with Gasteiger partial charge in [0.1, 0.15) is 12.2 Å². The molecule has 0 aromatic heterocycles. The SMILES string of the molecule is CC(=O)CC(=O)O.C[C](C)(C)[Zr]. The summed E-state index contributed by atoms with van der Waals surface area (Å²) in [6.07, 6.45) is -0.361. The van der Waals surface area contributed by atoms with Crippen LogP contribution in [0.2, 0.25) is 3.12 Å². The van der Waals surface area contributed by atoms with Crippen LogP contribution in [-0.2, 0) is 34.3 Å². The van der Waals surface area contributed by atoms with Gasteiger partial charge in [-0.15, -0.1) is 0 Å². The first kappa shape index (κ1) is 14.5. The minimum atomic E-state index is -1.06. The van der Waals surface area contributed by atoms with Crippen molar-refractivity contribution < 1.29 is 39.4 Å². The molecule has 0 fully saturated rings. The summed E-state index contributed by atoms with van der Waals surface area (Å²) in [5, 5.41) is 7.86. The second kappa shape index (κ2) is 6.53. The summed E-state index contributed by atoms with van der Waals surface area (Å²) in [4.78, 5) is 19.5. The molecule has 0 aliphatic carbocycles. The molecule has 0 rings (SSSR count). The number of carbonyl (C=O) groups is 2. The molecular formula is C8H15O3Zr. The zero-order chi connectivity index (χ0) is 10.4. The van der Waals surface area contributed by atoms with Crippen LogP contribution < -0.4 is 0 Å². The first-order valence-electron chi connectivity index (χ1n) is 3.59. The molecule has 4 heteroatoms. The van der Waals surface area contributed by atoms with E-state index in [1.165, 1.54) is 6.92 Å². The van der Waals surface area contributed by atoms with Crippen LogP contribution in [-0.4, -0.2) is 16.9 Å². The molecule has 12 heavy (non-hydrogen) atoms. The van der Waals surface area contributed by atoms with Crippen molar-refractivity contribution in [2.75, 3.05) is 0 Å². The molecule has 0 aliphatic rings. The predicted molar refractivity (Wildman–Crippen MR) is 42.6 cm³/mol. The van der Waals surface area contributed by atoms with Gasteiger partial charge in [0.25, 0.3) is 0 Å². The van der Waals surface area contributed by atoms with E-state index in [-0.39, 0.29) is 12.2 Å². The molecule has 1 N–H and O–H groups in total. The fourth-order valence-corrected chi connectivity index (χ4v) is 0.213. The standard InChI is InChI=1S/C4H6O3.C4H9.Zr/c1-3(5)2-4(6)7;1-4(2)3;/h2H2,1H3,(H,6,7);1-3H3;. The molecule has 0 aromatic rings. The van der Waals surface area contributed by atoms with Gasteiger partial charge >= 0.3 is 54.6 Å². The van der Waals surface area contributed by atoms with Crippen LogP contribution in [0.3, 0.4) is 0 Å². The van der Waals surface area contributed by atoms with Gasteiger partial charge < -0.3 is 5.11 Å². The summed E-state index contributed by atoms with van der Waals surface area (Å²) < 4.78 is 0.590. The third-order valence-corrected chi connectivity index (χ3v) is 0.400. The summed E-state index contributed by atoms with van der Waals surface area (Å²) in [7, 11) is 0. The van der Waals surface area contributed by atoms with Crippen molar-refractivity contribution >= 4 is 11.8 Å². The first-order valence-corrected chi connectivity index (χ1v) is 4.82. The number of hydrogen-bond donors (Lipinski definition) is 1. The number of carboxylic acids is 1. The number of ketones is 1. The number of hydrogen-bond acceptors (Lipinski definition) is 2. The summed E-state index contributed by atoms with van der Waals surface area (Å²) >= 11 is 1.62. The number of Topliss-reactive ketones (excluding diaryl/α,β-unsaturated/α-hetero) is 1. The van der Waals surface area contributed by atoms with Gasteiger partial charge in [-0.3, -0.25) is 9.59 Å². The Bertz CT molecular complexity index is 140. The number of rotatable bonds is 2. The van der Waals surface area contributed by atoms with Gasteiger partial charge in [-0.25, -0.2) is 0 Å². The quantitative estimate of drug-likeness (QED) is 0.760. The Hall–Kier alpha value is 0.0231. The van der Waals surface area contributed by atoms with Gasteiger partial charge in [0.05, 0.1) is 0 Å². The van der Waals surface area contributed by atoms with Crippen LogP contribution in [0.5, 0.6) is 0 Å². The summed E-state index contributed by atoms with van der Waals surface area (Å²) in [6, 6.07) is 0. The summed E-state index contributed by atoms with van der Waals surface area (Å²) in [6.45, 7) is 7.93. The molecule has 0 aromatic carbocycles. The van der Waals surface area contributed by atoms with E-state index < -0.39 is 5.97 Å². The number of carbonyl (C=O) groups excluding carboxylic acids is 1. The molecule has 0 amide bonds. The molecule has 0 unspecified atom stereocenters. The molecule has 0 atom stereocenters. The van der Waals surface area contributed by atoms with Gasteiger partial charge in [0, 0.05) is 0 Å². The normalized spacial score (nSPS) is 9.58. The Morgan fingerprint density at radius 1 is 1.33 bits per heavy atom. The van der Waals surface area contributed by atoms with Crippen LogP contribution in [0.25, 0.3) is 0 Å². The molecule has 0 radical (unpaired) electrons. The van der Waals surface area contributed by atoms with Gasteiger partial charge in [-0.1, -0.05) is 0 Å². The fourth-order valence-electron chi connectivity index (χ4n) is 0.213. The molecule has 0 saturated carbocycles. The van der Waals surface area contributed by atoms with Gasteiger partial charge in [-0.2, -0.15) is 0 Å². The van der Waals surface area contributed by atoms with Crippen molar-refractivity contribution in [3.63, 3.8) is 0 Å². The van der Waals surface area contributed by atoms with Crippen LogP contribution in [0, 0.1) is 0 Å². The zero-order valence-electron chi connectivity index (χ0n) is 7.97. The van der Waals surface area contributed by atoms with Crippen molar-refractivity contribution in [3.8, 4) is 0 Å². The van der Waals surface area contributed by atoms with Crippen molar-refractivity contribution in [3.05, 3.63) is 0 Å². The Kier molecular flexibility index (Phi) is 7.91. The van der Waals surface area contributed by atoms with Crippen LogP contribution in [0.1, 0.15) is 34.1 Å². The molecule has 3 nitrogen and oxygen atoms in total. The fraction of sp³-hybridized carbons (Fsp3) is 0.750. The maximum atomic E-state index is 9.87. The molecule has 0 spiro atoms. The average molecular weight is 250 g/mol. The molecule has 69 valence electrons. The number of carboxylic acid groups (broad SMARTS) is 1. The molecular weight excluding hydrogens is 235 g/mol. The van der Waals surface area contributed by atoms with E-state index in [1.807, 2.05) is 0 Å². The van der Waals surface area contributed by atoms with Crippen LogP contribution in [0.4, 0.5) is 0 Å². The monoisotopic (exact) mass is 249 g/mol. The van der Waals surface area contributed by atoms with E-state index in [2.05, 4.69) is 20.8 Å². The van der Waals surface area contributed by atoms with E-state index in [0.29, 0.717) is 3.12 Å². The first-order chi connectivity index (χ1) is 5.13. The third kappa shape index (κ3) is 50.4. The summed E-state index contributed by atoms with van der Waals surface area (Å²) in [5.41, 5.74) is 0. The minimum absolute atomic E-state index is 0.312. The molecule has 0 saturated heterocycles. The topological polar surface area (TPSA) is 54.4 Å². The van der Waals surface area contributed by atoms with Gasteiger partial charge in [-0.05, 0) is 6.92 Å². The van der Waals surface area contributed by atoms with E-state index in [4.69, 9.17) is 5.11 Å². The third-order valence-electron chi connectivity index (χ3n) is 0.400. The van der Waals surface area contributed by atoms with Crippen LogP contribution in [0.15, 0.2) is 0 Å². The predicted octanol–water partition coefficient (Wildman–Crippen LogP) is 1.80. The Labute approximate surface area is 88.4 Å². The van der Waals surface area contributed by atoms with Crippen molar-refractivity contribution in [2.24, 2.45) is 0 Å². The van der Waals surface area contributed by atoms with Gasteiger partial charge in [0.2, 0.25) is 0 Å². The van der Waals surface area contributed by atoms with Gasteiger partial charge in [0.15, 0.2) is 0 Å². The second-order valence-corrected chi connectivity index (χ2v) is 7.21. The molecule has 0 heterocycles. The van der Waals surface area contributed by atoms with E-state index in [9.17, 15) is 9.59 Å². The van der Waals surface area contributed by atoms with Crippen LogP contribution >= 0.6 is 0 Å². The Balaban J connectivity index is 0. The Morgan fingerprint density at radius 2 is 1.58 bits per heavy atom.